The Hall–Kier alpha value is -0.830. The molecule has 20 heavy (non-hydrogen) atoms. The molecule has 116 valence electrons. The van der Waals surface area contributed by atoms with Crippen molar-refractivity contribution in [3.8, 4) is 0 Å². The molecule has 1 aromatic rings. The highest BCUT2D eigenvalue weighted by Crippen LogP contribution is 2.23. The first-order valence-corrected chi connectivity index (χ1v) is 8.07. The molecule has 3 nitrogen and oxygen atoms in total. The highest BCUT2D eigenvalue weighted by molar-refractivity contribution is 4.78. The van der Waals surface area contributed by atoms with Crippen molar-refractivity contribution in [2.45, 2.75) is 78.4 Å². The van der Waals surface area contributed by atoms with Crippen LogP contribution in [0, 0.1) is 11.8 Å². The summed E-state index contributed by atoms with van der Waals surface area (Å²) in [6, 6.07) is 0. The maximum Gasteiger partial charge on any atom is 0.0945 e. The van der Waals surface area contributed by atoms with E-state index in [0.717, 1.165) is 31.7 Å². The number of aliphatic hydroxyl groups is 1. The Morgan fingerprint density at radius 1 is 1.15 bits per heavy atom. The van der Waals surface area contributed by atoms with E-state index in [9.17, 15) is 5.11 Å². The molecule has 0 radical (unpaired) electrons. The van der Waals surface area contributed by atoms with Crippen molar-refractivity contribution >= 4 is 0 Å². The van der Waals surface area contributed by atoms with Crippen LogP contribution in [0.25, 0.3) is 0 Å². The van der Waals surface area contributed by atoms with Gasteiger partial charge in [0.1, 0.15) is 0 Å². The molecule has 0 amide bonds. The Balaban J connectivity index is 2.17. The Morgan fingerprint density at radius 2 is 1.90 bits per heavy atom. The van der Waals surface area contributed by atoms with Gasteiger partial charge < -0.3 is 9.67 Å². The number of imidazole rings is 1. The minimum absolute atomic E-state index is 0.559. The molecular weight excluding hydrogens is 248 g/mol. The maximum absolute atomic E-state index is 10.4. The number of aryl methyl sites for hydroxylation is 1. The van der Waals surface area contributed by atoms with Crippen LogP contribution in [0.5, 0.6) is 0 Å². The summed E-state index contributed by atoms with van der Waals surface area (Å²) >= 11 is 0. The van der Waals surface area contributed by atoms with E-state index in [1.807, 2.05) is 24.0 Å². The largest absolute Gasteiger partial charge is 0.390 e. The van der Waals surface area contributed by atoms with Crippen molar-refractivity contribution < 1.29 is 5.11 Å². The van der Waals surface area contributed by atoms with Crippen molar-refractivity contribution in [3.63, 3.8) is 0 Å². The van der Waals surface area contributed by atoms with Crippen LogP contribution in [0.15, 0.2) is 18.7 Å². The van der Waals surface area contributed by atoms with Crippen molar-refractivity contribution in [2.75, 3.05) is 0 Å². The van der Waals surface area contributed by atoms with E-state index in [1.165, 1.54) is 19.3 Å². The van der Waals surface area contributed by atoms with Gasteiger partial charge in [-0.2, -0.15) is 0 Å². The fourth-order valence-electron chi connectivity index (χ4n) is 2.49. The molecule has 0 saturated heterocycles. The zero-order valence-electron chi connectivity index (χ0n) is 13.7. The normalized spacial score (nSPS) is 16.3. The van der Waals surface area contributed by atoms with Gasteiger partial charge in [-0.05, 0) is 38.0 Å². The molecular formula is C17H32N2O. The van der Waals surface area contributed by atoms with E-state index in [1.54, 1.807) is 6.20 Å². The quantitative estimate of drug-likeness (QED) is 0.695. The first kappa shape index (κ1) is 17.2. The maximum atomic E-state index is 10.4. The third kappa shape index (κ3) is 7.68. The van der Waals surface area contributed by atoms with E-state index in [0.29, 0.717) is 5.92 Å². The number of hydrogen-bond donors (Lipinski definition) is 1. The minimum Gasteiger partial charge on any atom is -0.390 e. The van der Waals surface area contributed by atoms with Crippen LogP contribution in [0.4, 0.5) is 0 Å². The summed E-state index contributed by atoms with van der Waals surface area (Å²) in [4.78, 5) is 4.03. The molecule has 0 fully saturated rings. The van der Waals surface area contributed by atoms with Crippen LogP contribution in [0.1, 0.15) is 66.2 Å². The van der Waals surface area contributed by atoms with E-state index in [-0.39, 0.29) is 0 Å². The summed E-state index contributed by atoms with van der Waals surface area (Å²) < 4.78 is 2.03. The lowest BCUT2D eigenvalue weighted by molar-refractivity contribution is 0.0314. The summed E-state index contributed by atoms with van der Waals surface area (Å²) in [6.07, 6.45) is 12.3. The van der Waals surface area contributed by atoms with Gasteiger partial charge in [0, 0.05) is 18.9 Å². The van der Waals surface area contributed by atoms with E-state index >= 15 is 0 Å². The van der Waals surface area contributed by atoms with Gasteiger partial charge in [-0.15, -0.1) is 0 Å². The smallest absolute Gasteiger partial charge is 0.0945 e. The lowest BCUT2D eigenvalue weighted by atomic mass is 9.89. The molecule has 1 rings (SSSR count). The predicted octanol–water partition coefficient (Wildman–Crippen LogP) is 4.27. The Bertz CT molecular complexity index is 344. The average Bonchev–Trinajstić information content (AvgIpc) is 2.87. The summed E-state index contributed by atoms with van der Waals surface area (Å²) in [5, 5.41) is 10.4. The number of hydrogen-bond acceptors (Lipinski definition) is 2. The lowest BCUT2D eigenvalue weighted by Crippen LogP contribution is -2.26. The predicted molar refractivity (Wildman–Crippen MR) is 84.6 cm³/mol. The highest BCUT2D eigenvalue weighted by Gasteiger charge is 2.21. The van der Waals surface area contributed by atoms with Crippen LogP contribution in [0.2, 0.25) is 0 Å². The third-order valence-corrected chi connectivity index (χ3v) is 4.12. The minimum atomic E-state index is -0.559. The summed E-state index contributed by atoms with van der Waals surface area (Å²) in [5.41, 5.74) is -0.559. The molecule has 1 N–H and O–H groups in total. The highest BCUT2D eigenvalue weighted by atomic mass is 16.3. The van der Waals surface area contributed by atoms with Crippen molar-refractivity contribution in [3.05, 3.63) is 18.7 Å². The monoisotopic (exact) mass is 280 g/mol. The van der Waals surface area contributed by atoms with Crippen LogP contribution in [-0.4, -0.2) is 20.3 Å². The van der Waals surface area contributed by atoms with Crippen LogP contribution < -0.4 is 0 Å². The van der Waals surface area contributed by atoms with Gasteiger partial charge >= 0.3 is 0 Å². The van der Waals surface area contributed by atoms with E-state index in [2.05, 4.69) is 25.8 Å². The molecule has 0 spiro atoms. The Labute approximate surface area is 124 Å². The molecule has 0 aromatic carbocycles. The zero-order chi connectivity index (χ0) is 15.0. The molecule has 0 saturated carbocycles. The number of nitrogens with zero attached hydrogens (tertiary/aromatic N) is 2. The first-order valence-electron chi connectivity index (χ1n) is 8.07. The Kier molecular flexibility index (Phi) is 7.28. The second-order valence-electron chi connectivity index (χ2n) is 7.02. The lowest BCUT2D eigenvalue weighted by Gasteiger charge is -2.25. The van der Waals surface area contributed by atoms with Crippen LogP contribution in [0.3, 0.4) is 0 Å². The van der Waals surface area contributed by atoms with Crippen molar-refractivity contribution in [2.24, 2.45) is 11.8 Å². The number of aromatic nitrogens is 2. The molecule has 3 heteroatoms. The molecule has 1 heterocycles. The third-order valence-electron chi connectivity index (χ3n) is 4.12. The van der Waals surface area contributed by atoms with Gasteiger partial charge in [-0.25, -0.2) is 4.98 Å². The fraction of sp³-hybridized carbons (Fsp3) is 0.824. The average molecular weight is 280 g/mol. The number of rotatable bonds is 10. The summed E-state index contributed by atoms with van der Waals surface area (Å²) in [7, 11) is 0. The zero-order valence-corrected chi connectivity index (χ0v) is 13.7. The first-order chi connectivity index (χ1) is 9.39. The van der Waals surface area contributed by atoms with Gasteiger partial charge in [0.25, 0.3) is 0 Å². The van der Waals surface area contributed by atoms with Gasteiger partial charge in [-0.3, -0.25) is 0 Å². The molecule has 0 bridgehead atoms. The van der Waals surface area contributed by atoms with E-state index < -0.39 is 5.60 Å². The fourth-order valence-corrected chi connectivity index (χ4v) is 2.49. The van der Waals surface area contributed by atoms with Gasteiger partial charge in [0.2, 0.25) is 0 Å². The van der Waals surface area contributed by atoms with Crippen molar-refractivity contribution in [1.29, 1.82) is 0 Å². The standard InChI is InChI=1S/C17H32N2O/c1-15(2)6-5-7-16(3)8-9-17(4,20)10-12-19-13-11-18-14-19/h11,13-16,20H,5-10,12H2,1-4H3. The van der Waals surface area contributed by atoms with Gasteiger partial charge in [-0.1, -0.05) is 40.0 Å². The SMILES string of the molecule is CC(C)CCCC(C)CCC(C)(O)CCn1ccnc1. The van der Waals surface area contributed by atoms with Gasteiger partial charge in [0.05, 0.1) is 11.9 Å². The molecule has 2 unspecified atom stereocenters. The molecule has 0 aliphatic carbocycles. The second kappa shape index (κ2) is 8.46. The summed E-state index contributed by atoms with van der Waals surface area (Å²) in [5.74, 6) is 1.52. The van der Waals surface area contributed by atoms with Crippen LogP contribution >= 0.6 is 0 Å². The second-order valence-corrected chi connectivity index (χ2v) is 7.02. The molecule has 1 aromatic heterocycles. The summed E-state index contributed by atoms with van der Waals surface area (Å²) in [6.45, 7) is 9.68. The molecule has 0 aliphatic heterocycles. The molecule has 2 atom stereocenters. The van der Waals surface area contributed by atoms with Crippen molar-refractivity contribution in [1.82, 2.24) is 9.55 Å². The van der Waals surface area contributed by atoms with Crippen LogP contribution in [-0.2, 0) is 6.54 Å². The Morgan fingerprint density at radius 3 is 2.50 bits per heavy atom. The van der Waals surface area contributed by atoms with Gasteiger partial charge in [0.15, 0.2) is 0 Å². The topological polar surface area (TPSA) is 38.0 Å². The molecule has 0 aliphatic rings. The van der Waals surface area contributed by atoms with E-state index in [4.69, 9.17) is 0 Å².